The lowest BCUT2D eigenvalue weighted by atomic mass is 9.72. The van der Waals surface area contributed by atoms with Gasteiger partial charge in [0.2, 0.25) is 0 Å². The van der Waals surface area contributed by atoms with E-state index in [9.17, 15) is 0 Å². The van der Waals surface area contributed by atoms with Crippen molar-refractivity contribution in [2.24, 2.45) is 16.1 Å². The first-order chi connectivity index (χ1) is 11.5. The summed E-state index contributed by atoms with van der Waals surface area (Å²) in [5, 5.41) is 3.45. The Hall–Kier alpha value is -2.07. The van der Waals surface area contributed by atoms with Crippen LogP contribution in [-0.2, 0) is 0 Å². The molecule has 0 bridgehead atoms. The van der Waals surface area contributed by atoms with Crippen LogP contribution in [0, 0.1) is 5.41 Å². The lowest BCUT2D eigenvalue weighted by molar-refractivity contribution is 0.156. The molecule has 4 nitrogen and oxygen atoms in total. The summed E-state index contributed by atoms with van der Waals surface area (Å²) in [5.41, 5.74) is 9.22. The second-order valence-electron chi connectivity index (χ2n) is 6.62. The van der Waals surface area contributed by atoms with E-state index < -0.39 is 0 Å². The van der Waals surface area contributed by atoms with Crippen molar-refractivity contribution in [3.63, 3.8) is 0 Å². The van der Waals surface area contributed by atoms with Crippen LogP contribution in [0.15, 0.2) is 65.1 Å². The van der Waals surface area contributed by atoms with Gasteiger partial charge in [0.1, 0.15) is 5.82 Å². The van der Waals surface area contributed by atoms with Gasteiger partial charge in [-0.05, 0) is 51.1 Å². The average molecular weight is 326 g/mol. The van der Waals surface area contributed by atoms with Crippen LogP contribution in [-0.4, -0.2) is 37.8 Å². The molecule has 0 aromatic rings. The summed E-state index contributed by atoms with van der Waals surface area (Å²) in [4.78, 5) is 6.38. The van der Waals surface area contributed by atoms with E-state index in [0.717, 1.165) is 38.2 Å². The fraction of sp³-hybridized carbons (Fsp3) is 0.450. The highest BCUT2D eigenvalue weighted by Gasteiger charge is 2.45. The second kappa shape index (κ2) is 7.67. The maximum Gasteiger partial charge on any atom is 0.129 e. The first kappa shape index (κ1) is 18.3. The third kappa shape index (κ3) is 3.39. The van der Waals surface area contributed by atoms with Crippen molar-refractivity contribution in [1.29, 1.82) is 0 Å². The number of allylic oxidation sites excluding steroid dienone is 4. The monoisotopic (exact) mass is 326 g/mol. The summed E-state index contributed by atoms with van der Waals surface area (Å²) >= 11 is 0. The van der Waals surface area contributed by atoms with Crippen LogP contribution in [0.4, 0.5) is 0 Å². The summed E-state index contributed by atoms with van der Waals surface area (Å²) in [6, 6.07) is 0.386. The van der Waals surface area contributed by atoms with E-state index in [1.54, 1.807) is 6.08 Å². The number of hydrogen-bond acceptors (Lipinski definition) is 4. The molecular weight excluding hydrogens is 296 g/mol. The maximum atomic E-state index is 5.70. The Bertz CT molecular complexity index is 601. The number of likely N-dealkylation sites (N-methyl/N-ethyl adjacent to an activating group) is 1. The van der Waals surface area contributed by atoms with E-state index in [1.165, 1.54) is 11.1 Å². The number of piperidine rings is 1. The van der Waals surface area contributed by atoms with Gasteiger partial charge in [0, 0.05) is 36.3 Å². The molecule has 1 atom stereocenters. The predicted molar refractivity (Wildman–Crippen MR) is 104 cm³/mol. The Labute approximate surface area is 146 Å². The number of rotatable bonds is 6. The predicted octanol–water partition coefficient (Wildman–Crippen LogP) is 3.13. The fourth-order valence-electron chi connectivity index (χ4n) is 4.09. The number of nitrogens with one attached hydrogen (secondary N) is 1. The van der Waals surface area contributed by atoms with Gasteiger partial charge < -0.3 is 16.0 Å². The third-order valence-corrected chi connectivity index (χ3v) is 5.28. The molecule has 3 N–H and O–H groups in total. The topological polar surface area (TPSA) is 53.6 Å². The van der Waals surface area contributed by atoms with Gasteiger partial charge in [0.25, 0.3) is 0 Å². The lowest BCUT2D eigenvalue weighted by Crippen LogP contribution is -2.40. The molecule has 130 valence electrons. The molecule has 2 aliphatic rings. The molecule has 1 heterocycles. The van der Waals surface area contributed by atoms with Crippen LogP contribution in [0.25, 0.3) is 0 Å². The summed E-state index contributed by atoms with van der Waals surface area (Å²) in [5.74, 6) is 0.820. The number of nitrogens with two attached hydrogens (primary N) is 1. The van der Waals surface area contributed by atoms with Crippen molar-refractivity contribution < 1.29 is 0 Å². The van der Waals surface area contributed by atoms with Crippen LogP contribution >= 0.6 is 0 Å². The SMILES string of the molecule is C=CC1=C(/C=C\C)C2(CCN(/C(=C/C(=C)N)N=C)CC2)CC1NC. The van der Waals surface area contributed by atoms with Gasteiger partial charge in [0.15, 0.2) is 0 Å². The highest BCUT2D eigenvalue weighted by atomic mass is 15.2. The fourth-order valence-corrected chi connectivity index (χ4v) is 4.09. The number of aliphatic imine (C=N–C) groups is 1. The molecule has 4 heteroatoms. The molecule has 1 aliphatic heterocycles. The molecule has 1 aliphatic carbocycles. The number of likely N-dealkylation sites (tertiary alicyclic amines) is 1. The first-order valence-corrected chi connectivity index (χ1v) is 8.56. The van der Waals surface area contributed by atoms with E-state index in [1.807, 2.05) is 13.1 Å². The molecule has 0 aromatic carbocycles. The first-order valence-electron chi connectivity index (χ1n) is 8.56. The van der Waals surface area contributed by atoms with E-state index in [0.29, 0.717) is 11.7 Å². The van der Waals surface area contributed by atoms with Crippen molar-refractivity contribution >= 4 is 6.72 Å². The molecule has 24 heavy (non-hydrogen) atoms. The lowest BCUT2D eigenvalue weighted by Gasteiger charge is -2.42. The molecule has 1 spiro atoms. The van der Waals surface area contributed by atoms with E-state index in [-0.39, 0.29) is 5.41 Å². The summed E-state index contributed by atoms with van der Waals surface area (Å²) in [6.07, 6.45) is 11.5. The van der Waals surface area contributed by atoms with E-state index in [2.05, 4.69) is 54.2 Å². The minimum absolute atomic E-state index is 0.214. The van der Waals surface area contributed by atoms with Crippen molar-refractivity contribution in [2.45, 2.75) is 32.2 Å². The maximum absolute atomic E-state index is 5.70. The Kier molecular flexibility index (Phi) is 5.84. The highest BCUT2D eigenvalue weighted by Crippen LogP contribution is 2.51. The number of hydrogen-bond donors (Lipinski definition) is 2. The minimum atomic E-state index is 0.214. The van der Waals surface area contributed by atoms with Gasteiger partial charge in [0.05, 0.1) is 0 Å². The van der Waals surface area contributed by atoms with Crippen LogP contribution in [0.3, 0.4) is 0 Å². The summed E-state index contributed by atoms with van der Waals surface area (Å²) in [7, 11) is 2.03. The van der Waals surface area contributed by atoms with E-state index >= 15 is 0 Å². The van der Waals surface area contributed by atoms with Crippen molar-refractivity contribution in [1.82, 2.24) is 10.2 Å². The molecule has 0 radical (unpaired) electrons. The quantitative estimate of drug-likeness (QED) is 0.582. The van der Waals surface area contributed by atoms with Gasteiger partial charge in [-0.3, -0.25) is 0 Å². The molecule has 2 rings (SSSR count). The van der Waals surface area contributed by atoms with Crippen molar-refractivity contribution in [3.05, 3.63) is 60.1 Å². The zero-order valence-electron chi connectivity index (χ0n) is 15.0. The van der Waals surface area contributed by atoms with E-state index in [4.69, 9.17) is 5.73 Å². The van der Waals surface area contributed by atoms with Crippen molar-refractivity contribution in [3.8, 4) is 0 Å². The van der Waals surface area contributed by atoms with Crippen LogP contribution in [0.5, 0.6) is 0 Å². The largest absolute Gasteiger partial charge is 0.399 e. The second-order valence-corrected chi connectivity index (χ2v) is 6.62. The highest BCUT2D eigenvalue weighted by molar-refractivity contribution is 5.46. The molecule has 1 unspecified atom stereocenters. The van der Waals surface area contributed by atoms with Gasteiger partial charge in [-0.25, -0.2) is 4.99 Å². The molecule has 0 saturated carbocycles. The average Bonchev–Trinajstić information content (AvgIpc) is 2.86. The molecule has 1 saturated heterocycles. The Balaban J connectivity index is 2.25. The molecule has 0 aromatic heterocycles. The third-order valence-electron chi connectivity index (χ3n) is 5.28. The van der Waals surface area contributed by atoms with Gasteiger partial charge >= 0.3 is 0 Å². The molecule has 1 fully saturated rings. The normalized spacial score (nSPS) is 24.0. The van der Waals surface area contributed by atoms with Gasteiger partial charge in [-0.2, -0.15) is 0 Å². The molecular formula is C20H30N4. The van der Waals surface area contributed by atoms with Gasteiger partial charge in [-0.1, -0.05) is 31.4 Å². The number of nitrogens with zero attached hydrogens (tertiary/aromatic N) is 2. The smallest absolute Gasteiger partial charge is 0.129 e. The van der Waals surface area contributed by atoms with Crippen LogP contribution < -0.4 is 11.1 Å². The van der Waals surface area contributed by atoms with Gasteiger partial charge in [-0.15, -0.1) is 0 Å². The Morgan fingerprint density at radius 1 is 1.42 bits per heavy atom. The zero-order chi connectivity index (χ0) is 17.7. The Morgan fingerprint density at radius 2 is 2.08 bits per heavy atom. The minimum Gasteiger partial charge on any atom is -0.399 e. The Morgan fingerprint density at radius 3 is 2.54 bits per heavy atom. The zero-order valence-corrected chi connectivity index (χ0v) is 15.0. The van der Waals surface area contributed by atoms with Crippen LogP contribution in [0.1, 0.15) is 26.2 Å². The van der Waals surface area contributed by atoms with Crippen LogP contribution in [0.2, 0.25) is 0 Å². The van der Waals surface area contributed by atoms with Crippen molar-refractivity contribution in [2.75, 3.05) is 20.1 Å². The molecule has 0 amide bonds. The standard InChI is InChI=1S/C20H30N4/c1-6-8-17-16(7-2)18(22-4)14-20(17)9-11-24(12-10-20)19(23-5)13-15(3)21/h6-8,13,18,22H,2-3,5,9-12,14,21H2,1,4H3/b8-6-,19-13+. The summed E-state index contributed by atoms with van der Waals surface area (Å²) in [6.45, 7) is 15.4. The summed E-state index contributed by atoms with van der Waals surface area (Å²) < 4.78 is 0.